The van der Waals surface area contributed by atoms with Crippen LogP contribution >= 0.6 is 23.6 Å². The summed E-state index contributed by atoms with van der Waals surface area (Å²) in [6.07, 6.45) is 0. The Kier molecular flexibility index (Phi) is 3.26. The molecule has 0 unspecified atom stereocenters. The summed E-state index contributed by atoms with van der Waals surface area (Å²) in [4.78, 5) is 14.3. The van der Waals surface area contributed by atoms with Gasteiger partial charge in [0.15, 0.2) is 3.95 Å². The molecule has 0 saturated heterocycles. The zero-order chi connectivity index (χ0) is 12.4. The molecule has 4 nitrogen and oxygen atoms in total. The Bertz CT molecular complexity index is 615. The van der Waals surface area contributed by atoms with Crippen LogP contribution in [0.15, 0.2) is 24.3 Å². The molecule has 0 radical (unpaired) electrons. The fraction of sp³-hybridized carbons (Fsp3) is 0.0909. The average molecular weight is 267 g/mol. The van der Waals surface area contributed by atoms with Crippen LogP contribution in [0.2, 0.25) is 0 Å². The fourth-order valence-corrected chi connectivity index (χ4v) is 2.62. The molecule has 1 aromatic carbocycles. The third-order valence-electron chi connectivity index (χ3n) is 2.19. The maximum absolute atomic E-state index is 11.1. The topological polar surface area (TPSA) is 62.3 Å². The molecule has 0 aliphatic heterocycles. The first-order valence-corrected chi connectivity index (χ1v) is 5.95. The number of aromatic amines is 1. The zero-order valence-corrected chi connectivity index (χ0v) is 10.5. The van der Waals surface area contributed by atoms with Gasteiger partial charge in [-0.25, -0.2) is 4.79 Å². The Labute approximate surface area is 107 Å². The highest BCUT2D eigenvalue weighted by Gasteiger charge is 2.15. The molecule has 0 spiro atoms. The summed E-state index contributed by atoms with van der Waals surface area (Å²) in [6.45, 7) is 0. The highest BCUT2D eigenvalue weighted by Crippen LogP contribution is 2.30. The first kappa shape index (κ1) is 11.8. The summed E-state index contributed by atoms with van der Waals surface area (Å²) < 4.78 is 5.55. The van der Waals surface area contributed by atoms with Crippen molar-refractivity contribution >= 4 is 29.5 Å². The number of carbonyl (C=O) groups is 1. The van der Waals surface area contributed by atoms with Crippen molar-refractivity contribution < 1.29 is 14.6 Å². The molecule has 0 atom stereocenters. The molecular formula is C11H9NO3S2. The van der Waals surface area contributed by atoms with Crippen molar-refractivity contribution in [3.63, 3.8) is 0 Å². The van der Waals surface area contributed by atoms with Crippen molar-refractivity contribution in [1.82, 2.24) is 4.98 Å². The van der Waals surface area contributed by atoms with Crippen molar-refractivity contribution in [3.05, 3.63) is 33.9 Å². The van der Waals surface area contributed by atoms with Gasteiger partial charge >= 0.3 is 5.97 Å². The van der Waals surface area contributed by atoms with E-state index in [2.05, 4.69) is 4.98 Å². The number of rotatable bonds is 3. The molecular weight excluding hydrogens is 258 g/mol. The molecule has 0 aliphatic rings. The molecule has 2 N–H and O–H groups in total. The minimum Gasteiger partial charge on any atom is -0.497 e. The van der Waals surface area contributed by atoms with Gasteiger partial charge in [0.1, 0.15) is 11.4 Å². The summed E-state index contributed by atoms with van der Waals surface area (Å²) in [5.41, 5.74) is 0.896. The Morgan fingerprint density at radius 3 is 2.94 bits per heavy atom. The van der Waals surface area contributed by atoms with E-state index < -0.39 is 5.97 Å². The summed E-state index contributed by atoms with van der Waals surface area (Å²) in [5.74, 6) is -0.340. The van der Waals surface area contributed by atoms with E-state index in [-0.39, 0.29) is 5.69 Å². The number of hydrogen-bond donors (Lipinski definition) is 2. The van der Waals surface area contributed by atoms with Crippen molar-refractivity contribution in [2.75, 3.05) is 7.11 Å². The van der Waals surface area contributed by atoms with E-state index in [0.29, 0.717) is 14.6 Å². The van der Waals surface area contributed by atoms with Crippen LogP contribution in [0.5, 0.6) is 5.75 Å². The van der Waals surface area contributed by atoms with E-state index in [1.807, 2.05) is 12.1 Å². The number of hydrogen-bond acceptors (Lipinski definition) is 4. The molecule has 0 fully saturated rings. The SMILES string of the molecule is COc1cccc(-c2sc(=S)[nH]c2C(=O)O)c1. The Hall–Kier alpha value is -1.66. The highest BCUT2D eigenvalue weighted by molar-refractivity contribution is 7.73. The molecule has 0 amide bonds. The third-order valence-corrected chi connectivity index (χ3v) is 3.48. The van der Waals surface area contributed by atoms with Crippen LogP contribution in [0, 0.1) is 3.95 Å². The van der Waals surface area contributed by atoms with Crippen molar-refractivity contribution in [1.29, 1.82) is 0 Å². The molecule has 0 aliphatic carbocycles. The van der Waals surface area contributed by atoms with Crippen LogP contribution in [0.25, 0.3) is 10.4 Å². The average Bonchev–Trinajstić information content (AvgIpc) is 2.72. The first-order valence-electron chi connectivity index (χ1n) is 4.72. The number of nitrogens with one attached hydrogen (secondary N) is 1. The molecule has 17 heavy (non-hydrogen) atoms. The van der Waals surface area contributed by atoms with Crippen molar-refractivity contribution in [2.45, 2.75) is 0 Å². The van der Waals surface area contributed by atoms with E-state index in [1.54, 1.807) is 19.2 Å². The standard InChI is InChI=1S/C11H9NO3S2/c1-15-7-4-2-3-6(5-7)9-8(10(13)14)12-11(16)17-9/h2-5H,1H3,(H,12,16)(H,13,14). The highest BCUT2D eigenvalue weighted by atomic mass is 32.1. The van der Waals surface area contributed by atoms with Crippen molar-refractivity contribution in [2.24, 2.45) is 0 Å². The van der Waals surface area contributed by atoms with E-state index in [4.69, 9.17) is 22.1 Å². The molecule has 2 rings (SSSR count). The predicted molar refractivity (Wildman–Crippen MR) is 68.5 cm³/mol. The number of aromatic carboxylic acids is 1. The van der Waals surface area contributed by atoms with Gasteiger partial charge in [0.25, 0.3) is 0 Å². The first-order chi connectivity index (χ1) is 8.11. The minimum atomic E-state index is -1.02. The molecule has 1 aromatic heterocycles. The number of benzene rings is 1. The molecule has 0 saturated carbocycles. The van der Waals surface area contributed by atoms with Gasteiger partial charge in [0, 0.05) is 0 Å². The van der Waals surface area contributed by atoms with Crippen LogP contribution in [0.3, 0.4) is 0 Å². The van der Waals surface area contributed by atoms with Gasteiger partial charge in [0.05, 0.1) is 12.0 Å². The molecule has 0 bridgehead atoms. The monoisotopic (exact) mass is 267 g/mol. The summed E-state index contributed by atoms with van der Waals surface area (Å²) in [6, 6.07) is 7.21. The van der Waals surface area contributed by atoms with Gasteiger partial charge < -0.3 is 14.8 Å². The number of thiazole rings is 1. The second-order valence-electron chi connectivity index (χ2n) is 3.26. The van der Waals surface area contributed by atoms with E-state index in [0.717, 1.165) is 5.56 Å². The number of H-pyrrole nitrogens is 1. The van der Waals surface area contributed by atoms with E-state index in [1.165, 1.54) is 11.3 Å². The van der Waals surface area contributed by atoms with Gasteiger partial charge in [-0.1, -0.05) is 12.1 Å². The maximum Gasteiger partial charge on any atom is 0.353 e. The third kappa shape index (κ3) is 2.37. The van der Waals surface area contributed by atoms with Gasteiger partial charge in [0.2, 0.25) is 0 Å². The molecule has 6 heteroatoms. The Balaban J connectivity index is 2.59. The predicted octanol–water partition coefficient (Wildman–Crippen LogP) is 3.18. The summed E-state index contributed by atoms with van der Waals surface area (Å²) in [5, 5.41) is 9.06. The summed E-state index contributed by atoms with van der Waals surface area (Å²) in [7, 11) is 1.57. The fourth-order valence-electron chi connectivity index (χ4n) is 1.45. The molecule has 88 valence electrons. The lowest BCUT2D eigenvalue weighted by Gasteiger charge is -2.03. The second-order valence-corrected chi connectivity index (χ2v) is 4.94. The van der Waals surface area contributed by atoms with E-state index >= 15 is 0 Å². The number of methoxy groups -OCH3 is 1. The number of carboxylic acids is 1. The number of ether oxygens (including phenoxy) is 1. The second kappa shape index (κ2) is 4.68. The number of carboxylic acid groups (broad SMARTS) is 1. The summed E-state index contributed by atoms with van der Waals surface area (Å²) >= 11 is 6.21. The van der Waals surface area contributed by atoms with E-state index in [9.17, 15) is 4.79 Å². The minimum absolute atomic E-state index is 0.119. The van der Waals surface area contributed by atoms with Gasteiger partial charge in [-0.3, -0.25) is 0 Å². The van der Waals surface area contributed by atoms with Crippen LogP contribution < -0.4 is 4.74 Å². The smallest absolute Gasteiger partial charge is 0.353 e. The Morgan fingerprint density at radius 1 is 1.53 bits per heavy atom. The van der Waals surface area contributed by atoms with Gasteiger partial charge in [-0.2, -0.15) is 0 Å². The van der Waals surface area contributed by atoms with Gasteiger partial charge in [-0.15, -0.1) is 11.3 Å². The van der Waals surface area contributed by atoms with Crippen LogP contribution in [0.1, 0.15) is 10.5 Å². The lowest BCUT2D eigenvalue weighted by molar-refractivity contribution is 0.0692. The molecule has 2 aromatic rings. The van der Waals surface area contributed by atoms with Crippen LogP contribution in [0.4, 0.5) is 0 Å². The van der Waals surface area contributed by atoms with Crippen molar-refractivity contribution in [3.8, 4) is 16.2 Å². The number of aromatic nitrogens is 1. The molecule has 1 heterocycles. The quantitative estimate of drug-likeness (QED) is 0.838. The van der Waals surface area contributed by atoms with Crippen LogP contribution in [-0.2, 0) is 0 Å². The van der Waals surface area contributed by atoms with Gasteiger partial charge in [-0.05, 0) is 29.9 Å². The largest absolute Gasteiger partial charge is 0.497 e. The maximum atomic E-state index is 11.1. The van der Waals surface area contributed by atoms with Crippen LogP contribution in [-0.4, -0.2) is 23.2 Å². The normalized spacial score (nSPS) is 10.2. The lowest BCUT2D eigenvalue weighted by Crippen LogP contribution is -1.98. The lowest BCUT2D eigenvalue weighted by atomic mass is 10.1. The zero-order valence-electron chi connectivity index (χ0n) is 8.89. The Morgan fingerprint density at radius 2 is 2.29 bits per heavy atom.